The van der Waals surface area contributed by atoms with Crippen molar-refractivity contribution < 1.29 is 19.4 Å². The number of carboxylic acids is 1. The number of thiophene rings is 1. The molecule has 0 saturated heterocycles. The second kappa shape index (κ2) is 7.09. The Kier molecular flexibility index (Phi) is 5.16. The predicted octanol–water partition coefficient (Wildman–Crippen LogP) is 2.97. The van der Waals surface area contributed by atoms with E-state index < -0.39 is 5.97 Å². The van der Waals surface area contributed by atoms with Crippen LogP contribution in [0.3, 0.4) is 0 Å². The number of benzene rings is 1. The van der Waals surface area contributed by atoms with Crippen LogP contribution < -0.4 is 4.74 Å². The summed E-state index contributed by atoms with van der Waals surface area (Å²) >= 11 is 1.31. The Labute approximate surface area is 132 Å². The Balaban J connectivity index is 2.36. The quantitative estimate of drug-likeness (QED) is 0.889. The van der Waals surface area contributed by atoms with Gasteiger partial charge in [-0.25, -0.2) is 0 Å². The van der Waals surface area contributed by atoms with E-state index in [0.29, 0.717) is 17.2 Å². The number of carbonyl (C=O) groups excluding carboxylic acids is 1. The number of hydrogen-bond donors (Lipinski definition) is 1. The minimum atomic E-state index is -1.03. The maximum Gasteiger partial charge on any atom is 0.323 e. The third kappa shape index (κ3) is 3.46. The normalized spacial score (nSPS) is 10.3. The van der Waals surface area contributed by atoms with Crippen molar-refractivity contribution in [3.63, 3.8) is 0 Å². The summed E-state index contributed by atoms with van der Waals surface area (Å²) in [5, 5.41) is 8.90. The average Bonchev–Trinajstić information content (AvgIpc) is 2.97. The highest BCUT2D eigenvalue weighted by Gasteiger charge is 2.23. The lowest BCUT2D eigenvalue weighted by Gasteiger charge is -2.18. The fourth-order valence-corrected chi connectivity index (χ4v) is 3.15. The fraction of sp³-hybridized carbons (Fsp3) is 0.250. The Morgan fingerprint density at radius 1 is 1.27 bits per heavy atom. The van der Waals surface area contributed by atoms with Gasteiger partial charge in [-0.05, 0) is 18.6 Å². The fourth-order valence-electron chi connectivity index (χ4n) is 2.05. The summed E-state index contributed by atoms with van der Waals surface area (Å²) in [5.74, 6) is -0.888. The number of nitrogens with zero attached hydrogens (tertiary/aromatic N) is 1. The molecule has 0 aliphatic rings. The highest BCUT2D eigenvalue weighted by atomic mass is 32.1. The summed E-state index contributed by atoms with van der Waals surface area (Å²) in [6.45, 7) is 1.75. The van der Waals surface area contributed by atoms with Crippen molar-refractivity contribution in [2.75, 3.05) is 20.2 Å². The SMILES string of the molecule is CCN(CC(=O)O)C(=O)c1sc(-c2ccccc2)cc1OC. The van der Waals surface area contributed by atoms with Gasteiger partial charge < -0.3 is 14.7 Å². The predicted molar refractivity (Wildman–Crippen MR) is 85.5 cm³/mol. The van der Waals surface area contributed by atoms with Gasteiger partial charge in [-0.15, -0.1) is 11.3 Å². The summed E-state index contributed by atoms with van der Waals surface area (Å²) in [6.07, 6.45) is 0. The molecule has 1 heterocycles. The molecule has 0 aliphatic carbocycles. The molecule has 0 atom stereocenters. The molecule has 1 amide bonds. The molecule has 1 N–H and O–H groups in total. The molecule has 22 heavy (non-hydrogen) atoms. The molecular weight excluding hydrogens is 302 g/mol. The Hall–Kier alpha value is -2.34. The average molecular weight is 319 g/mol. The first-order valence-corrected chi connectivity index (χ1v) is 7.62. The van der Waals surface area contributed by atoms with Crippen LogP contribution >= 0.6 is 11.3 Å². The standard InChI is InChI=1S/C16H17NO4S/c1-3-17(10-14(18)19)16(20)15-12(21-2)9-13(22-15)11-7-5-4-6-8-11/h4-9H,3,10H2,1-2H3,(H,18,19). The molecule has 5 nitrogen and oxygen atoms in total. The number of likely N-dealkylation sites (N-methyl/N-ethyl adjacent to an activating group) is 1. The molecule has 1 aromatic carbocycles. The summed E-state index contributed by atoms with van der Waals surface area (Å²) in [4.78, 5) is 26.0. The summed E-state index contributed by atoms with van der Waals surface area (Å²) in [5.41, 5.74) is 0.992. The monoisotopic (exact) mass is 319 g/mol. The first kappa shape index (κ1) is 16.0. The van der Waals surface area contributed by atoms with E-state index in [2.05, 4.69) is 0 Å². The van der Waals surface area contributed by atoms with Gasteiger partial charge in [-0.2, -0.15) is 0 Å². The molecule has 1 aromatic heterocycles. The smallest absolute Gasteiger partial charge is 0.323 e. The zero-order valence-corrected chi connectivity index (χ0v) is 13.2. The molecule has 0 aliphatic heterocycles. The summed E-state index contributed by atoms with van der Waals surface area (Å²) in [6, 6.07) is 11.5. The van der Waals surface area contributed by atoms with Crippen molar-refractivity contribution in [3.8, 4) is 16.2 Å². The van der Waals surface area contributed by atoms with Crippen molar-refractivity contribution in [3.05, 3.63) is 41.3 Å². The molecule has 0 spiro atoms. The highest BCUT2D eigenvalue weighted by molar-refractivity contribution is 7.17. The van der Waals surface area contributed by atoms with Crippen LogP contribution in [0.1, 0.15) is 16.6 Å². The van der Waals surface area contributed by atoms with E-state index in [1.807, 2.05) is 36.4 Å². The number of rotatable bonds is 6. The Morgan fingerprint density at radius 3 is 2.50 bits per heavy atom. The van der Waals surface area contributed by atoms with Gasteiger partial charge >= 0.3 is 5.97 Å². The van der Waals surface area contributed by atoms with E-state index in [1.54, 1.807) is 6.92 Å². The lowest BCUT2D eigenvalue weighted by atomic mass is 10.2. The van der Waals surface area contributed by atoms with Crippen molar-refractivity contribution in [1.82, 2.24) is 4.90 Å². The number of methoxy groups -OCH3 is 1. The van der Waals surface area contributed by atoms with Gasteiger partial charge in [-0.1, -0.05) is 30.3 Å². The van der Waals surface area contributed by atoms with Crippen molar-refractivity contribution in [1.29, 1.82) is 0 Å². The Morgan fingerprint density at radius 2 is 1.95 bits per heavy atom. The number of carboxylic acid groups (broad SMARTS) is 1. The van der Waals surface area contributed by atoms with Crippen LogP contribution in [-0.4, -0.2) is 42.1 Å². The zero-order chi connectivity index (χ0) is 16.1. The molecule has 0 bridgehead atoms. The molecule has 0 unspecified atom stereocenters. The molecule has 2 aromatic rings. The van der Waals surface area contributed by atoms with Gasteiger partial charge in [0.2, 0.25) is 0 Å². The number of aliphatic carboxylic acids is 1. The van der Waals surface area contributed by atoms with Crippen LogP contribution in [-0.2, 0) is 4.79 Å². The van der Waals surface area contributed by atoms with E-state index in [1.165, 1.54) is 23.3 Å². The van der Waals surface area contributed by atoms with Crippen LogP contribution in [0, 0.1) is 0 Å². The highest BCUT2D eigenvalue weighted by Crippen LogP contribution is 2.36. The molecule has 6 heteroatoms. The van der Waals surface area contributed by atoms with E-state index in [9.17, 15) is 9.59 Å². The van der Waals surface area contributed by atoms with Gasteiger partial charge in [0.15, 0.2) is 0 Å². The molecule has 116 valence electrons. The molecule has 0 radical (unpaired) electrons. The van der Waals surface area contributed by atoms with E-state index in [-0.39, 0.29) is 12.5 Å². The summed E-state index contributed by atoms with van der Waals surface area (Å²) < 4.78 is 5.28. The maximum absolute atomic E-state index is 12.5. The molecule has 0 fully saturated rings. The molecule has 0 saturated carbocycles. The first-order valence-electron chi connectivity index (χ1n) is 6.81. The van der Waals surface area contributed by atoms with Crippen LogP contribution in [0.2, 0.25) is 0 Å². The van der Waals surface area contributed by atoms with Gasteiger partial charge in [0.25, 0.3) is 5.91 Å². The van der Waals surface area contributed by atoms with Crippen LogP contribution in [0.4, 0.5) is 0 Å². The van der Waals surface area contributed by atoms with E-state index >= 15 is 0 Å². The zero-order valence-electron chi connectivity index (χ0n) is 12.4. The second-order valence-corrected chi connectivity index (χ2v) is 5.64. The van der Waals surface area contributed by atoms with Crippen LogP contribution in [0.25, 0.3) is 10.4 Å². The van der Waals surface area contributed by atoms with Gasteiger partial charge in [-0.3, -0.25) is 9.59 Å². The van der Waals surface area contributed by atoms with Gasteiger partial charge in [0.05, 0.1) is 7.11 Å². The van der Waals surface area contributed by atoms with Gasteiger partial charge in [0, 0.05) is 11.4 Å². The van der Waals surface area contributed by atoms with Crippen LogP contribution in [0.5, 0.6) is 5.75 Å². The summed E-state index contributed by atoms with van der Waals surface area (Å²) in [7, 11) is 1.50. The number of ether oxygens (including phenoxy) is 1. The van der Waals surface area contributed by atoms with Crippen molar-refractivity contribution in [2.45, 2.75) is 6.92 Å². The van der Waals surface area contributed by atoms with E-state index in [0.717, 1.165) is 10.4 Å². The second-order valence-electron chi connectivity index (χ2n) is 4.59. The van der Waals surface area contributed by atoms with Crippen molar-refractivity contribution in [2.24, 2.45) is 0 Å². The topological polar surface area (TPSA) is 66.8 Å². The Bertz CT molecular complexity index is 666. The van der Waals surface area contributed by atoms with E-state index in [4.69, 9.17) is 9.84 Å². The number of hydrogen-bond acceptors (Lipinski definition) is 4. The molecule has 2 rings (SSSR count). The third-order valence-corrected chi connectivity index (χ3v) is 4.32. The lowest BCUT2D eigenvalue weighted by Crippen LogP contribution is -2.35. The lowest BCUT2D eigenvalue weighted by molar-refractivity contribution is -0.137. The number of carbonyl (C=O) groups is 2. The first-order chi connectivity index (χ1) is 10.6. The maximum atomic E-state index is 12.5. The minimum absolute atomic E-state index is 0.322. The minimum Gasteiger partial charge on any atom is -0.495 e. The van der Waals surface area contributed by atoms with Gasteiger partial charge in [0.1, 0.15) is 17.2 Å². The third-order valence-electron chi connectivity index (χ3n) is 3.17. The largest absolute Gasteiger partial charge is 0.495 e. The number of amides is 1. The van der Waals surface area contributed by atoms with Crippen molar-refractivity contribution >= 4 is 23.2 Å². The molecular formula is C16H17NO4S. The van der Waals surface area contributed by atoms with Crippen LogP contribution in [0.15, 0.2) is 36.4 Å².